The van der Waals surface area contributed by atoms with Gasteiger partial charge in [0.05, 0.1) is 18.4 Å². The zero-order chi connectivity index (χ0) is 19.7. The lowest BCUT2D eigenvalue weighted by molar-refractivity contribution is 0.0936. The maximum atomic E-state index is 13.0. The van der Waals surface area contributed by atoms with Crippen molar-refractivity contribution in [3.05, 3.63) is 65.9 Å². The van der Waals surface area contributed by atoms with E-state index in [1.807, 2.05) is 61.7 Å². The molecule has 4 rings (SSSR count). The number of benzene rings is 2. The molecule has 1 N–H and O–H groups in total. The Hall–Kier alpha value is -3.08. The van der Waals surface area contributed by atoms with Crippen LogP contribution in [0.5, 0.6) is 5.75 Å². The number of carbonyl (C=O) groups is 1. The van der Waals surface area contributed by atoms with Gasteiger partial charge in [-0.25, -0.2) is 4.68 Å². The maximum Gasteiger partial charge on any atom is 0.255 e. The monoisotopic (exact) mass is 375 g/mol. The van der Waals surface area contributed by atoms with Crippen molar-refractivity contribution in [3.63, 3.8) is 0 Å². The van der Waals surface area contributed by atoms with Gasteiger partial charge in [-0.3, -0.25) is 4.79 Å². The summed E-state index contributed by atoms with van der Waals surface area (Å²) in [5.41, 5.74) is 4.18. The third kappa shape index (κ3) is 3.79. The van der Waals surface area contributed by atoms with Gasteiger partial charge in [-0.05, 0) is 56.9 Å². The molecule has 1 saturated carbocycles. The van der Waals surface area contributed by atoms with Crippen LogP contribution in [0, 0.1) is 12.8 Å². The molecule has 144 valence electrons. The highest BCUT2D eigenvalue weighted by molar-refractivity contribution is 6.00. The Bertz CT molecular complexity index is 987. The van der Waals surface area contributed by atoms with Crippen LogP contribution in [0.2, 0.25) is 0 Å². The summed E-state index contributed by atoms with van der Waals surface area (Å²) in [6.07, 6.45) is 4.19. The Morgan fingerprint density at radius 2 is 1.96 bits per heavy atom. The molecule has 5 nitrogen and oxygen atoms in total. The summed E-state index contributed by atoms with van der Waals surface area (Å²) in [6.45, 7) is 4.12. The average molecular weight is 375 g/mol. The van der Waals surface area contributed by atoms with Gasteiger partial charge in [0.15, 0.2) is 0 Å². The Kier molecular flexibility index (Phi) is 4.90. The quantitative estimate of drug-likeness (QED) is 0.695. The van der Waals surface area contributed by atoms with Crippen molar-refractivity contribution >= 4 is 5.91 Å². The van der Waals surface area contributed by atoms with E-state index < -0.39 is 0 Å². The molecule has 1 fully saturated rings. The number of aromatic nitrogens is 2. The largest absolute Gasteiger partial charge is 0.497 e. The van der Waals surface area contributed by atoms with Gasteiger partial charge in [-0.15, -0.1) is 0 Å². The van der Waals surface area contributed by atoms with E-state index >= 15 is 0 Å². The molecule has 2 aromatic carbocycles. The molecule has 0 unspecified atom stereocenters. The first-order chi connectivity index (χ1) is 13.5. The number of aryl methyl sites for hydroxylation is 1. The van der Waals surface area contributed by atoms with Crippen LogP contribution in [0.25, 0.3) is 16.9 Å². The second kappa shape index (κ2) is 7.50. The molecule has 1 heterocycles. The van der Waals surface area contributed by atoms with E-state index in [2.05, 4.69) is 12.2 Å². The van der Waals surface area contributed by atoms with Crippen LogP contribution < -0.4 is 10.1 Å². The van der Waals surface area contributed by atoms with Crippen LogP contribution in [0.4, 0.5) is 0 Å². The Labute approximate surface area is 165 Å². The molecule has 1 aliphatic carbocycles. The second-order valence-electron chi connectivity index (χ2n) is 7.50. The van der Waals surface area contributed by atoms with Gasteiger partial charge in [0.2, 0.25) is 0 Å². The van der Waals surface area contributed by atoms with E-state index in [-0.39, 0.29) is 11.9 Å². The third-order valence-electron chi connectivity index (χ3n) is 5.29. The molecule has 1 aromatic heterocycles. The molecule has 1 atom stereocenters. The number of ether oxygens (including phenoxy) is 1. The first kappa shape index (κ1) is 18.3. The van der Waals surface area contributed by atoms with Crippen LogP contribution in [0.1, 0.15) is 35.7 Å². The highest BCUT2D eigenvalue weighted by Crippen LogP contribution is 2.33. The topological polar surface area (TPSA) is 56.2 Å². The van der Waals surface area contributed by atoms with Gasteiger partial charge in [-0.2, -0.15) is 5.10 Å². The minimum Gasteiger partial charge on any atom is -0.497 e. The van der Waals surface area contributed by atoms with Gasteiger partial charge < -0.3 is 10.1 Å². The summed E-state index contributed by atoms with van der Waals surface area (Å²) in [5, 5.41) is 7.89. The highest BCUT2D eigenvalue weighted by atomic mass is 16.5. The van der Waals surface area contributed by atoms with E-state index in [0.29, 0.717) is 17.2 Å². The summed E-state index contributed by atoms with van der Waals surface area (Å²) >= 11 is 0. The van der Waals surface area contributed by atoms with Crippen molar-refractivity contribution in [2.24, 2.45) is 5.92 Å². The summed E-state index contributed by atoms with van der Waals surface area (Å²) in [6, 6.07) is 15.9. The fraction of sp³-hybridized carbons (Fsp3) is 0.304. The molecular weight excluding hydrogens is 350 g/mol. The predicted molar refractivity (Wildman–Crippen MR) is 110 cm³/mol. The second-order valence-corrected chi connectivity index (χ2v) is 7.50. The lowest BCUT2D eigenvalue weighted by Crippen LogP contribution is -2.34. The lowest BCUT2D eigenvalue weighted by Gasteiger charge is -2.12. The standard InChI is InChI=1S/C23H25N3O2/c1-15-7-11-19(12-8-15)26-14-21(23(27)24-16(2)17-9-10-17)22(25-26)18-5-4-6-20(13-18)28-3/h4-8,11-14,16-17H,9-10H2,1-3H3,(H,24,27)/t16-/m1/s1. The van der Waals surface area contributed by atoms with Crippen LogP contribution in [-0.4, -0.2) is 28.8 Å². The van der Waals surface area contributed by atoms with Crippen LogP contribution in [0.3, 0.4) is 0 Å². The van der Waals surface area contributed by atoms with Crippen molar-refractivity contribution in [1.82, 2.24) is 15.1 Å². The molecular formula is C23H25N3O2. The molecule has 0 radical (unpaired) electrons. The fourth-order valence-electron chi connectivity index (χ4n) is 3.35. The van der Waals surface area contributed by atoms with E-state index in [1.165, 1.54) is 18.4 Å². The summed E-state index contributed by atoms with van der Waals surface area (Å²) in [5.74, 6) is 1.24. The molecule has 0 saturated heterocycles. The molecule has 0 spiro atoms. The zero-order valence-electron chi connectivity index (χ0n) is 16.5. The van der Waals surface area contributed by atoms with Crippen molar-refractivity contribution in [1.29, 1.82) is 0 Å². The van der Waals surface area contributed by atoms with Crippen molar-refractivity contribution in [2.45, 2.75) is 32.7 Å². The fourth-order valence-corrected chi connectivity index (χ4v) is 3.35. The summed E-state index contributed by atoms with van der Waals surface area (Å²) in [4.78, 5) is 13.0. The Morgan fingerprint density at radius 3 is 2.64 bits per heavy atom. The number of hydrogen-bond donors (Lipinski definition) is 1. The first-order valence-electron chi connectivity index (χ1n) is 9.67. The average Bonchev–Trinajstić information content (AvgIpc) is 3.47. The number of nitrogens with zero attached hydrogens (tertiary/aromatic N) is 2. The maximum absolute atomic E-state index is 13.0. The molecule has 1 aliphatic rings. The molecule has 1 amide bonds. The Morgan fingerprint density at radius 1 is 1.21 bits per heavy atom. The number of methoxy groups -OCH3 is 1. The van der Waals surface area contributed by atoms with Crippen LogP contribution in [0.15, 0.2) is 54.7 Å². The van der Waals surface area contributed by atoms with Gasteiger partial charge in [0.25, 0.3) is 5.91 Å². The van der Waals surface area contributed by atoms with Crippen LogP contribution >= 0.6 is 0 Å². The van der Waals surface area contributed by atoms with E-state index in [1.54, 1.807) is 11.8 Å². The van der Waals surface area contributed by atoms with Gasteiger partial charge in [0, 0.05) is 17.8 Å². The number of amides is 1. The number of rotatable bonds is 6. The molecule has 5 heteroatoms. The predicted octanol–water partition coefficient (Wildman–Crippen LogP) is 4.38. The molecule has 0 aliphatic heterocycles. The van der Waals surface area contributed by atoms with Crippen LogP contribution in [-0.2, 0) is 0 Å². The van der Waals surface area contributed by atoms with Crippen molar-refractivity contribution < 1.29 is 9.53 Å². The number of carbonyl (C=O) groups excluding carboxylic acids is 1. The minimum atomic E-state index is -0.0874. The third-order valence-corrected chi connectivity index (χ3v) is 5.29. The van der Waals surface area contributed by atoms with Gasteiger partial charge >= 0.3 is 0 Å². The van der Waals surface area contributed by atoms with E-state index in [9.17, 15) is 4.79 Å². The normalized spacial score (nSPS) is 14.5. The van der Waals surface area contributed by atoms with Gasteiger partial charge in [-0.1, -0.05) is 29.8 Å². The Balaban J connectivity index is 1.75. The summed E-state index contributed by atoms with van der Waals surface area (Å²) in [7, 11) is 1.63. The highest BCUT2D eigenvalue weighted by Gasteiger charge is 2.30. The summed E-state index contributed by atoms with van der Waals surface area (Å²) < 4.78 is 7.12. The smallest absolute Gasteiger partial charge is 0.255 e. The zero-order valence-corrected chi connectivity index (χ0v) is 16.5. The molecule has 3 aromatic rings. The van der Waals surface area contributed by atoms with E-state index in [0.717, 1.165) is 17.0 Å². The number of hydrogen-bond acceptors (Lipinski definition) is 3. The molecule has 0 bridgehead atoms. The van der Waals surface area contributed by atoms with E-state index in [4.69, 9.17) is 9.84 Å². The van der Waals surface area contributed by atoms with Crippen molar-refractivity contribution in [3.8, 4) is 22.7 Å². The first-order valence-corrected chi connectivity index (χ1v) is 9.67. The van der Waals surface area contributed by atoms with Crippen molar-refractivity contribution in [2.75, 3.05) is 7.11 Å². The van der Waals surface area contributed by atoms with Gasteiger partial charge in [0.1, 0.15) is 11.4 Å². The SMILES string of the molecule is COc1cccc(-c2nn(-c3ccc(C)cc3)cc2C(=O)N[C@H](C)C2CC2)c1. The lowest BCUT2D eigenvalue weighted by atomic mass is 10.1. The molecule has 28 heavy (non-hydrogen) atoms. The number of nitrogens with one attached hydrogen (secondary N) is 1. The minimum absolute atomic E-state index is 0.0874.